The number of aromatic nitrogens is 2. The van der Waals surface area contributed by atoms with Crippen LogP contribution >= 0.6 is 22.7 Å². The zero-order valence-electron chi connectivity index (χ0n) is 13.5. The maximum Gasteiger partial charge on any atom is 0.255 e. The van der Waals surface area contributed by atoms with Crippen LogP contribution in [0.25, 0.3) is 10.7 Å². The van der Waals surface area contributed by atoms with Crippen LogP contribution in [0.2, 0.25) is 0 Å². The van der Waals surface area contributed by atoms with Crippen molar-refractivity contribution in [2.45, 2.75) is 32.9 Å². The highest BCUT2D eigenvalue weighted by atomic mass is 32.1. The number of nitrogens with zero attached hydrogens (tertiary/aromatic N) is 2. The summed E-state index contributed by atoms with van der Waals surface area (Å²) >= 11 is 3.47. The largest absolute Gasteiger partial charge is 0.306 e. The van der Waals surface area contributed by atoms with Crippen molar-refractivity contribution >= 4 is 22.7 Å². The van der Waals surface area contributed by atoms with Gasteiger partial charge in [0.15, 0.2) is 5.82 Å². The number of hydrogen-bond acceptors (Lipinski definition) is 5. The van der Waals surface area contributed by atoms with E-state index in [1.807, 2.05) is 28.8 Å². The lowest BCUT2D eigenvalue weighted by Gasteiger charge is -2.27. The molecule has 0 fully saturated rings. The van der Waals surface area contributed by atoms with Gasteiger partial charge in [0.2, 0.25) is 0 Å². The van der Waals surface area contributed by atoms with Crippen LogP contribution in [-0.2, 0) is 25.9 Å². The molecule has 0 aliphatic carbocycles. The van der Waals surface area contributed by atoms with E-state index in [2.05, 4.69) is 28.9 Å². The molecule has 0 aromatic carbocycles. The monoisotopic (exact) mass is 357 g/mol. The van der Waals surface area contributed by atoms with E-state index in [1.165, 1.54) is 9.75 Å². The van der Waals surface area contributed by atoms with Crippen LogP contribution in [0.3, 0.4) is 0 Å². The van der Waals surface area contributed by atoms with Gasteiger partial charge < -0.3 is 4.98 Å². The van der Waals surface area contributed by atoms with Gasteiger partial charge in [-0.2, -0.15) is 0 Å². The number of thiophene rings is 2. The summed E-state index contributed by atoms with van der Waals surface area (Å²) in [6, 6.07) is 8.39. The fourth-order valence-electron chi connectivity index (χ4n) is 3.06. The average Bonchev–Trinajstić information content (AvgIpc) is 3.26. The minimum absolute atomic E-state index is 0.00790. The quantitative estimate of drug-likeness (QED) is 0.775. The van der Waals surface area contributed by atoms with Gasteiger partial charge >= 0.3 is 0 Å². The van der Waals surface area contributed by atoms with Crippen LogP contribution in [-0.4, -0.2) is 21.4 Å². The molecule has 3 aromatic rings. The second kappa shape index (κ2) is 6.63. The summed E-state index contributed by atoms with van der Waals surface area (Å²) in [4.78, 5) is 26.3. The van der Waals surface area contributed by atoms with Crippen molar-refractivity contribution in [2.75, 3.05) is 6.54 Å². The molecule has 4 rings (SSSR count). The topological polar surface area (TPSA) is 49.0 Å². The van der Waals surface area contributed by atoms with Gasteiger partial charge in [0.1, 0.15) is 0 Å². The fourth-order valence-corrected chi connectivity index (χ4v) is 4.73. The van der Waals surface area contributed by atoms with Crippen molar-refractivity contribution in [1.29, 1.82) is 0 Å². The van der Waals surface area contributed by atoms with Crippen LogP contribution in [0.1, 0.15) is 27.9 Å². The minimum Gasteiger partial charge on any atom is -0.306 e. The predicted octanol–water partition coefficient (Wildman–Crippen LogP) is 3.68. The maximum absolute atomic E-state index is 12.5. The van der Waals surface area contributed by atoms with Gasteiger partial charge in [0.25, 0.3) is 5.56 Å². The Hall–Kier alpha value is -1.76. The number of aromatic amines is 1. The van der Waals surface area contributed by atoms with Gasteiger partial charge in [-0.3, -0.25) is 9.69 Å². The second-order valence-electron chi connectivity index (χ2n) is 6.00. The van der Waals surface area contributed by atoms with Gasteiger partial charge in [-0.15, -0.1) is 22.7 Å². The molecule has 0 radical (unpaired) electrons. The molecule has 4 heterocycles. The standard InChI is InChI=1S/C18H19N3OS2/c1-2-12-5-6-13(24-12)10-21-8-7-15-14(11-21)18(22)20-17(19-15)16-4-3-9-23-16/h3-6,9H,2,7-8,10-11H2,1H3,(H,19,20,22). The molecular formula is C18H19N3OS2. The fraction of sp³-hybridized carbons (Fsp3) is 0.333. The molecule has 0 amide bonds. The third-order valence-corrected chi connectivity index (χ3v) is 6.44. The highest BCUT2D eigenvalue weighted by Gasteiger charge is 2.22. The van der Waals surface area contributed by atoms with E-state index in [1.54, 1.807) is 11.3 Å². The van der Waals surface area contributed by atoms with E-state index in [0.717, 1.165) is 42.1 Å². The van der Waals surface area contributed by atoms with E-state index in [4.69, 9.17) is 4.98 Å². The van der Waals surface area contributed by atoms with E-state index >= 15 is 0 Å². The number of H-pyrrole nitrogens is 1. The molecule has 0 saturated carbocycles. The normalized spacial score (nSPS) is 14.7. The molecule has 1 N–H and O–H groups in total. The molecule has 6 heteroatoms. The summed E-state index contributed by atoms with van der Waals surface area (Å²) in [5.41, 5.74) is 1.79. The third kappa shape index (κ3) is 3.09. The Balaban J connectivity index is 1.56. The maximum atomic E-state index is 12.5. The molecule has 0 atom stereocenters. The number of nitrogens with one attached hydrogen (secondary N) is 1. The van der Waals surface area contributed by atoms with Crippen molar-refractivity contribution in [3.63, 3.8) is 0 Å². The third-order valence-electron chi connectivity index (χ3n) is 4.35. The Labute approximate surface area is 148 Å². The molecule has 4 nitrogen and oxygen atoms in total. The summed E-state index contributed by atoms with van der Waals surface area (Å²) in [6.45, 7) is 4.73. The van der Waals surface area contributed by atoms with Crippen LogP contribution < -0.4 is 5.56 Å². The lowest BCUT2D eigenvalue weighted by molar-refractivity contribution is 0.244. The van der Waals surface area contributed by atoms with Crippen LogP contribution in [0.4, 0.5) is 0 Å². The molecular weight excluding hydrogens is 338 g/mol. The van der Waals surface area contributed by atoms with Gasteiger partial charge in [-0.25, -0.2) is 4.98 Å². The lowest BCUT2D eigenvalue weighted by Crippen LogP contribution is -2.35. The second-order valence-corrected chi connectivity index (χ2v) is 8.20. The van der Waals surface area contributed by atoms with Gasteiger partial charge in [-0.1, -0.05) is 13.0 Å². The smallest absolute Gasteiger partial charge is 0.255 e. The minimum atomic E-state index is 0.00790. The Morgan fingerprint density at radius 3 is 2.92 bits per heavy atom. The highest BCUT2D eigenvalue weighted by molar-refractivity contribution is 7.13. The number of rotatable bonds is 4. The Kier molecular flexibility index (Phi) is 4.35. The van der Waals surface area contributed by atoms with Crippen molar-refractivity contribution in [2.24, 2.45) is 0 Å². The van der Waals surface area contributed by atoms with Gasteiger partial charge in [-0.05, 0) is 30.0 Å². The highest BCUT2D eigenvalue weighted by Crippen LogP contribution is 2.24. The molecule has 124 valence electrons. The summed E-state index contributed by atoms with van der Waals surface area (Å²) in [5, 5.41) is 2.00. The number of aryl methyl sites for hydroxylation is 1. The summed E-state index contributed by atoms with van der Waals surface area (Å²) in [5.74, 6) is 0.702. The van der Waals surface area contributed by atoms with E-state index < -0.39 is 0 Å². The first-order chi connectivity index (χ1) is 11.7. The van der Waals surface area contributed by atoms with Gasteiger partial charge in [0, 0.05) is 35.8 Å². The van der Waals surface area contributed by atoms with Crippen molar-refractivity contribution in [3.8, 4) is 10.7 Å². The molecule has 0 unspecified atom stereocenters. The lowest BCUT2D eigenvalue weighted by atomic mass is 10.1. The van der Waals surface area contributed by atoms with E-state index in [9.17, 15) is 4.79 Å². The number of hydrogen-bond donors (Lipinski definition) is 1. The van der Waals surface area contributed by atoms with Crippen molar-refractivity contribution in [1.82, 2.24) is 14.9 Å². The first kappa shape index (κ1) is 15.7. The van der Waals surface area contributed by atoms with Gasteiger partial charge in [0.05, 0.1) is 16.1 Å². The zero-order valence-corrected chi connectivity index (χ0v) is 15.2. The van der Waals surface area contributed by atoms with E-state index in [0.29, 0.717) is 12.4 Å². The van der Waals surface area contributed by atoms with Crippen LogP contribution in [0, 0.1) is 0 Å². The summed E-state index contributed by atoms with van der Waals surface area (Å²) in [7, 11) is 0. The Bertz CT molecular complexity index is 895. The van der Waals surface area contributed by atoms with E-state index in [-0.39, 0.29) is 5.56 Å². The van der Waals surface area contributed by atoms with Crippen molar-refractivity contribution < 1.29 is 0 Å². The molecule has 0 bridgehead atoms. The molecule has 0 spiro atoms. The average molecular weight is 358 g/mol. The summed E-state index contributed by atoms with van der Waals surface area (Å²) < 4.78 is 0. The van der Waals surface area contributed by atoms with Crippen LogP contribution in [0.15, 0.2) is 34.4 Å². The summed E-state index contributed by atoms with van der Waals surface area (Å²) in [6.07, 6.45) is 1.92. The molecule has 1 aliphatic heterocycles. The Morgan fingerprint density at radius 2 is 2.17 bits per heavy atom. The predicted molar refractivity (Wildman–Crippen MR) is 99.7 cm³/mol. The first-order valence-electron chi connectivity index (χ1n) is 8.19. The molecule has 1 aliphatic rings. The number of fused-ring (bicyclic) bond motifs is 1. The zero-order chi connectivity index (χ0) is 16.5. The first-order valence-corrected chi connectivity index (χ1v) is 9.88. The molecule has 24 heavy (non-hydrogen) atoms. The Morgan fingerprint density at radius 1 is 1.29 bits per heavy atom. The molecule has 0 saturated heterocycles. The SMILES string of the molecule is CCc1ccc(CN2CCc3nc(-c4cccs4)[nH]c(=O)c3C2)s1. The van der Waals surface area contributed by atoms with Crippen LogP contribution in [0.5, 0.6) is 0 Å². The molecule has 3 aromatic heterocycles. The van der Waals surface area contributed by atoms with Crippen molar-refractivity contribution in [3.05, 3.63) is 61.0 Å².